The fourth-order valence-corrected chi connectivity index (χ4v) is 3.63. The lowest BCUT2D eigenvalue weighted by molar-refractivity contribution is -0.889. The molecule has 0 aromatic heterocycles. The van der Waals surface area contributed by atoms with Gasteiger partial charge in [0.25, 0.3) is 0 Å². The average Bonchev–Trinajstić information content (AvgIpc) is 2.64. The Hall–Kier alpha value is -0.320. The fraction of sp³-hybridized carbons (Fsp3) is 0.958. The summed E-state index contributed by atoms with van der Waals surface area (Å²) in [7, 11) is 4.16. The van der Waals surface area contributed by atoms with E-state index in [1.165, 1.54) is 89.9 Å². The minimum absolute atomic E-state index is 0. The predicted octanol–water partition coefficient (Wildman–Crippen LogP) is 2.44. The Kier molecular flexibility index (Phi) is 23.8. The van der Waals surface area contributed by atoms with Crippen LogP contribution in [0.4, 0.5) is 0 Å². The summed E-state index contributed by atoms with van der Waals surface area (Å²) in [5.41, 5.74) is 0. The van der Waals surface area contributed by atoms with Gasteiger partial charge in [0.1, 0.15) is 6.54 Å². The number of nitrogens with zero attached hydrogens (tertiary/aromatic N) is 1. The number of halogens is 1. The summed E-state index contributed by atoms with van der Waals surface area (Å²) in [5.74, 6) is 0.179. The standard InChI is InChI=1S/C24H50N2O2.ClH/c1-4-5-6-7-8-9-10-11-12-13-14-15-16-17-18-19-24(28)25-20-21-26(2,3)22-23-27;/h27H,4-23H2,1-3H3;1H. The monoisotopic (exact) mass is 434 g/mol. The molecule has 0 saturated carbocycles. The predicted molar refractivity (Wildman–Crippen MR) is 121 cm³/mol. The van der Waals surface area contributed by atoms with Gasteiger partial charge in [0.2, 0.25) is 5.91 Å². The Bertz CT molecular complexity index is 352. The van der Waals surface area contributed by atoms with Crippen molar-refractivity contribution in [3.05, 3.63) is 0 Å². The summed E-state index contributed by atoms with van der Waals surface area (Å²) >= 11 is 0. The van der Waals surface area contributed by atoms with E-state index in [2.05, 4.69) is 26.3 Å². The molecule has 5 heteroatoms. The second-order valence-electron chi connectivity index (χ2n) is 9.16. The van der Waals surface area contributed by atoms with Gasteiger partial charge in [-0.15, -0.1) is 0 Å². The highest BCUT2D eigenvalue weighted by molar-refractivity contribution is 5.75. The molecular weight excluding hydrogens is 384 g/mol. The number of unbranched alkanes of at least 4 members (excludes halogenated alkanes) is 14. The molecular formula is C24H51ClN2O2. The van der Waals surface area contributed by atoms with E-state index in [1.54, 1.807) is 0 Å². The molecule has 0 bridgehead atoms. The maximum Gasteiger partial charge on any atom is 0.220 e. The number of rotatable bonds is 21. The van der Waals surface area contributed by atoms with Crippen molar-refractivity contribution in [3.63, 3.8) is 0 Å². The summed E-state index contributed by atoms with van der Waals surface area (Å²) in [6.45, 7) is 4.77. The SMILES string of the molecule is CCCCCCCCCCCCCCCCCC(=O)NCC[N+](C)(C)CCO.[Cl-]. The van der Waals surface area contributed by atoms with Crippen LogP contribution in [0.25, 0.3) is 0 Å². The summed E-state index contributed by atoms with van der Waals surface area (Å²) < 4.78 is 0.746. The second kappa shape index (κ2) is 22.4. The van der Waals surface area contributed by atoms with Crippen LogP contribution in [0, 0.1) is 0 Å². The first-order chi connectivity index (χ1) is 13.5. The normalized spacial score (nSPS) is 11.3. The van der Waals surface area contributed by atoms with Gasteiger partial charge in [-0.25, -0.2) is 0 Å². The quantitative estimate of drug-likeness (QED) is 0.215. The Labute approximate surface area is 188 Å². The van der Waals surface area contributed by atoms with E-state index >= 15 is 0 Å². The van der Waals surface area contributed by atoms with Crippen molar-refractivity contribution in [1.29, 1.82) is 0 Å². The molecule has 2 N–H and O–H groups in total. The lowest BCUT2D eigenvalue weighted by atomic mass is 10.0. The van der Waals surface area contributed by atoms with E-state index in [9.17, 15) is 4.79 Å². The Morgan fingerprint density at radius 1 is 0.724 bits per heavy atom. The highest BCUT2D eigenvalue weighted by atomic mass is 35.5. The first-order valence-electron chi connectivity index (χ1n) is 12.2. The summed E-state index contributed by atoms with van der Waals surface area (Å²) in [5, 5.41) is 12.0. The van der Waals surface area contributed by atoms with Gasteiger partial charge in [-0.1, -0.05) is 96.8 Å². The van der Waals surface area contributed by atoms with Crippen molar-refractivity contribution in [3.8, 4) is 0 Å². The third kappa shape index (κ3) is 23.8. The minimum atomic E-state index is 0. The number of hydrogen-bond donors (Lipinski definition) is 2. The molecule has 0 aliphatic carbocycles. The van der Waals surface area contributed by atoms with Crippen molar-refractivity contribution in [2.45, 2.75) is 110 Å². The molecule has 0 fully saturated rings. The van der Waals surface area contributed by atoms with Crippen molar-refractivity contribution in [1.82, 2.24) is 5.32 Å². The highest BCUT2D eigenvalue weighted by Gasteiger charge is 2.13. The van der Waals surface area contributed by atoms with E-state index in [0.29, 0.717) is 13.0 Å². The van der Waals surface area contributed by atoms with Gasteiger partial charge in [0, 0.05) is 6.42 Å². The molecule has 0 spiro atoms. The van der Waals surface area contributed by atoms with Crippen molar-refractivity contribution < 1.29 is 26.8 Å². The largest absolute Gasteiger partial charge is 1.00 e. The summed E-state index contributed by atoms with van der Waals surface area (Å²) in [6, 6.07) is 0. The molecule has 176 valence electrons. The molecule has 0 aromatic rings. The molecule has 4 nitrogen and oxygen atoms in total. The molecule has 0 heterocycles. The molecule has 0 rings (SSSR count). The second-order valence-corrected chi connectivity index (χ2v) is 9.16. The van der Waals surface area contributed by atoms with Gasteiger partial charge in [-0.05, 0) is 6.42 Å². The number of aliphatic hydroxyl groups excluding tert-OH is 1. The zero-order valence-corrected chi connectivity index (χ0v) is 20.6. The van der Waals surface area contributed by atoms with Gasteiger partial charge in [-0.3, -0.25) is 4.79 Å². The highest BCUT2D eigenvalue weighted by Crippen LogP contribution is 2.13. The van der Waals surface area contributed by atoms with E-state index in [0.717, 1.165) is 24.0 Å². The molecule has 0 aromatic carbocycles. The molecule has 0 radical (unpaired) electrons. The van der Waals surface area contributed by atoms with Crippen LogP contribution in [-0.4, -0.2) is 55.8 Å². The van der Waals surface area contributed by atoms with E-state index in [4.69, 9.17) is 5.11 Å². The molecule has 29 heavy (non-hydrogen) atoms. The third-order valence-corrected chi connectivity index (χ3v) is 5.75. The number of carbonyl (C=O) groups is 1. The maximum atomic E-state index is 11.9. The molecule has 0 aliphatic heterocycles. The van der Waals surface area contributed by atoms with Crippen LogP contribution >= 0.6 is 0 Å². The average molecular weight is 435 g/mol. The van der Waals surface area contributed by atoms with Crippen LogP contribution in [0.2, 0.25) is 0 Å². The molecule has 0 unspecified atom stereocenters. The number of nitrogens with one attached hydrogen (secondary N) is 1. The van der Waals surface area contributed by atoms with Crippen LogP contribution in [0.15, 0.2) is 0 Å². The lowest BCUT2D eigenvalue weighted by Gasteiger charge is -2.28. The number of aliphatic hydroxyl groups is 1. The first kappa shape index (κ1) is 30.9. The fourth-order valence-electron chi connectivity index (χ4n) is 3.63. The Morgan fingerprint density at radius 3 is 1.55 bits per heavy atom. The zero-order chi connectivity index (χ0) is 20.9. The van der Waals surface area contributed by atoms with Gasteiger partial charge in [-0.2, -0.15) is 0 Å². The van der Waals surface area contributed by atoms with Crippen molar-refractivity contribution in [2.75, 3.05) is 40.3 Å². The van der Waals surface area contributed by atoms with Crippen LogP contribution in [0.3, 0.4) is 0 Å². The third-order valence-electron chi connectivity index (χ3n) is 5.75. The van der Waals surface area contributed by atoms with Gasteiger partial charge >= 0.3 is 0 Å². The number of hydrogen-bond acceptors (Lipinski definition) is 2. The number of quaternary nitrogens is 1. The number of amides is 1. The van der Waals surface area contributed by atoms with E-state index in [-0.39, 0.29) is 24.9 Å². The topological polar surface area (TPSA) is 49.3 Å². The van der Waals surface area contributed by atoms with E-state index in [1.807, 2.05) is 0 Å². The maximum absolute atomic E-state index is 11.9. The van der Waals surface area contributed by atoms with E-state index < -0.39 is 0 Å². The Morgan fingerprint density at radius 2 is 1.14 bits per heavy atom. The van der Waals surface area contributed by atoms with Gasteiger partial charge in [0.05, 0.1) is 33.8 Å². The van der Waals surface area contributed by atoms with Crippen LogP contribution < -0.4 is 17.7 Å². The van der Waals surface area contributed by atoms with Gasteiger partial charge < -0.3 is 27.3 Å². The summed E-state index contributed by atoms with van der Waals surface area (Å²) in [4.78, 5) is 11.9. The number of carbonyl (C=O) groups excluding carboxylic acids is 1. The molecule has 0 atom stereocenters. The smallest absolute Gasteiger partial charge is 0.220 e. The number of likely N-dealkylation sites (N-methyl/N-ethyl adjacent to an activating group) is 1. The molecule has 0 saturated heterocycles. The molecule has 0 aliphatic rings. The Balaban J connectivity index is 0. The molecule has 1 amide bonds. The van der Waals surface area contributed by atoms with Crippen LogP contribution in [0.5, 0.6) is 0 Å². The minimum Gasteiger partial charge on any atom is -1.00 e. The van der Waals surface area contributed by atoms with Crippen LogP contribution in [-0.2, 0) is 4.79 Å². The summed E-state index contributed by atoms with van der Waals surface area (Å²) in [6.07, 6.45) is 20.9. The zero-order valence-electron chi connectivity index (χ0n) is 19.8. The van der Waals surface area contributed by atoms with Gasteiger partial charge in [0.15, 0.2) is 0 Å². The lowest BCUT2D eigenvalue weighted by Crippen LogP contribution is -3.00. The first-order valence-corrected chi connectivity index (χ1v) is 12.2. The van der Waals surface area contributed by atoms with Crippen LogP contribution in [0.1, 0.15) is 110 Å². The van der Waals surface area contributed by atoms with Crippen molar-refractivity contribution >= 4 is 5.91 Å². The van der Waals surface area contributed by atoms with Crippen molar-refractivity contribution in [2.24, 2.45) is 0 Å².